The summed E-state index contributed by atoms with van der Waals surface area (Å²) >= 11 is 0. The molecule has 0 aromatic heterocycles. The van der Waals surface area contributed by atoms with Gasteiger partial charge in [-0.3, -0.25) is 9.69 Å². The van der Waals surface area contributed by atoms with E-state index in [1.807, 2.05) is 12.1 Å². The van der Waals surface area contributed by atoms with Gasteiger partial charge in [0, 0.05) is 17.8 Å². The van der Waals surface area contributed by atoms with E-state index in [0.717, 1.165) is 37.3 Å². The van der Waals surface area contributed by atoms with Crippen LogP contribution in [0.2, 0.25) is 0 Å². The summed E-state index contributed by atoms with van der Waals surface area (Å²) in [6.07, 6.45) is -1.92. The molecule has 2 aromatic rings. The highest BCUT2D eigenvalue weighted by Crippen LogP contribution is 2.29. The van der Waals surface area contributed by atoms with E-state index in [-0.39, 0.29) is 5.91 Å². The van der Waals surface area contributed by atoms with Gasteiger partial charge in [0.15, 0.2) is 0 Å². The Labute approximate surface area is 144 Å². The summed E-state index contributed by atoms with van der Waals surface area (Å²) in [5.41, 5.74) is 1.22. The second kappa shape index (κ2) is 7.27. The number of carbonyl (C=O) groups is 1. The van der Waals surface area contributed by atoms with Crippen LogP contribution < -0.4 is 5.32 Å². The smallest absolute Gasteiger partial charge is 0.322 e. The molecule has 0 aliphatic carbocycles. The van der Waals surface area contributed by atoms with Crippen LogP contribution in [0.5, 0.6) is 0 Å². The average molecular weight is 348 g/mol. The third kappa shape index (κ3) is 4.60. The van der Waals surface area contributed by atoms with Crippen molar-refractivity contribution in [2.75, 3.05) is 18.4 Å². The zero-order valence-electron chi connectivity index (χ0n) is 13.6. The van der Waals surface area contributed by atoms with Crippen molar-refractivity contribution < 1.29 is 18.0 Å². The molecule has 0 bridgehead atoms. The van der Waals surface area contributed by atoms with Crippen LogP contribution in [0, 0.1) is 0 Å². The molecule has 132 valence electrons. The molecule has 0 atom stereocenters. The van der Waals surface area contributed by atoms with Gasteiger partial charge in [0.1, 0.15) is 0 Å². The molecule has 1 N–H and O–H groups in total. The van der Waals surface area contributed by atoms with Crippen LogP contribution >= 0.6 is 0 Å². The van der Waals surface area contributed by atoms with Gasteiger partial charge in [-0.2, -0.15) is 13.2 Å². The van der Waals surface area contributed by atoms with Gasteiger partial charge in [0.25, 0.3) is 5.91 Å². The number of hydrogen-bond acceptors (Lipinski definition) is 2. The number of likely N-dealkylation sites (tertiary alicyclic amines) is 1. The van der Waals surface area contributed by atoms with Gasteiger partial charge in [0.05, 0.1) is 5.56 Å². The van der Waals surface area contributed by atoms with Crippen molar-refractivity contribution in [1.82, 2.24) is 4.90 Å². The molecule has 1 aliphatic heterocycles. The Morgan fingerprint density at radius 2 is 1.56 bits per heavy atom. The summed E-state index contributed by atoms with van der Waals surface area (Å²) < 4.78 is 37.6. The quantitative estimate of drug-likeness (QED) is 0.879. The number of halogens is 3. The lowest BCUT2D eigenvalue weighted by atomic mass is 10.1. The zero-order valence-corrected chi connectivity index (χ0v) is 13.6. The van der Waals surface area contributed by atoms with Gasteiger partial charge in [-0.15, -0.1) is 0 Å². The monoisotopic (exact) mass is 348 g/mol. The molecule has 0 spiro atoms. The molecule has 3 rings (SSSR count). The SMILES string of the molecule is O=C(Nc1ccc(C(F)(F)F)cc1)c1ccc(CN2CCCC2)cc1. The Kier molecular flexibility index (Phi) is 5.08. The van der Waals surface area contributed by atoms with Crippen LogP contribution in [-0.2, 0) is 12.7 Å². The van der Waals surface area contributed by atoms with Gasteiger partial charge in [-0.25, -0.2) is 0 Å². The summed E-state index contributed by atoms with van der Waals surface area (Å²) in [6, 6.07) is 11.7. The first-order chi connectivity index (χ1) is 11.9. The maximum atomic E-state index is 12.5. The molecule has 25 heavy (non-hydrogen) atoms. The number of amides is 1. The molecule has 1 saturated heterocycles. The van der Waals surface area contributed by atoms with Crippen LogP contribution in [0.1, 0.15) is 34.3 Å². The normalized spacial score (nSPS) is 15.3. The second-order valence-electron chi connectivity index (χ2n) is 6.21. The van der Waals surface area contributed by atoms with E-state index in [1.165, 1.54) is 25.0 Å². The lowest BCUT2D eigenvalue weighted by Gasteiger charge is -2.14. The average Bonchev–Trinajstić information content (AvgIpc) is 3.08. The molecule has 1 fully saturated rings. The molecule has 0 radical (unpaired) electrons. The van der Waals surface area contributed by atoms with Crippen LogP contribution in [0.15, 0.2) is 48.5 Å². The van der Waals surface area contributed by atoms with E-state index in [1.54, 1.807) is 12.1 Å². The number of hydrogen-bond donors (Lipinski definition) is 1. The van der Waals surface area contributed by atoms with Gasteiger partial charge < -0.3 is 5.32 Å². The van der Waals surface area contributed by atoms with Crippen molar-refractivity contribution in [3.05, 3.63) is 65.2 Å². The fraction of sp³-hybridized carbons (Fsp3) is 0.316. The van der Waals surface area contributed by atoms with E-state index in [4.69, 9.17) is 0 Å². The summed E-state index contributed by atoms with van der Waals surface area (Å²) in [4.78, 5) is 14.6. The van der Waals surface area contributed by atoms with E-state index >= 15 is 0 Å². The van der Waals surface area contributed by atoms with Crippen LogP contribution in [0.3, 0.4) is 0 Å². The third-order valence-electron chi connectivity index (χ3n) is 4.29. The van der Waals surface area contributed by atoms with Crippen LogP contribution in [-0.4, -0.2) is 23.9 Å². The molecule has 0 saturated carbocycles. The number of benzene rings is 2. The molecular weight excluding hydrogens is 329 g/mol. The Morgan fingerprint density at radius 1 is 0.960 bits per heavy atom. The fourth-order valence-corrected chi connectivity index (χ4v) is 2.91. The van der Waals surface area contributed by atoms with Crippen LogP contribution in [0.25, 0.3) is 0 Å². The molecule has 6 heteroatoms. The Hall–Kier alpha value is -2.34. The predicted molar refractivity (Wildman–Crippen MR) is 90.4 cm³/mol. The second-order valence-corrected chi connectivity index (χ2v) is 6.21. The van der Waals surface area contributed by atoms with Gasteiger partial charge in [0.2, 0.25) is 0 Å². The van der Waals surface area contributed by atoms with Crippen molar-refractivity contribution in [3.8, 4) is 0 Å². The van der Waals surface area contributed by atoms with Crippen molar-refractivity contribution in [3.63, 3.8) is 0 Å². The molecule has 3 nitrogen and oxygen atoms in total. The summed E-state index contributed by atoms with van der Waals surface area (Å²) in [5, 5.41) is 2.61. The summed E-state index contributed by atoms with van der Waals surface area (Å²) in [6.45, 7) is 3.09. The minimum Gasteiger partial charge on any atom is -0.322 e. The van der Waals surface area contributed by atoms with E-state index < -0.39 is 11.7 Å². The van der Waals surface area contributed by atoms with Crippen molar-refractivity contribution >= 4 is 11.6 Å². The Bertz CT molecular complexity index is 718. The molecular formula is C19H19F3N2O. The molecule has 0 unspecified atom stereocenters. The topological polar surface area (TPSA) is 32.3 Å². The van der Waals surface area contributed by atoms with Crippen molar-refractivity contribution in [1.29, 1.82) is 0 Å². The van der Waals surface area contributed by atoms with E-state index in [0.29, 0.717) is 11.3 Å². The molecule has 1 heterocycles. The number of anilines is 1. The third-order valence-corrected chi connectivity index (χ3v) is 4.29. The maximum absolute atomic E-state index is 12.5. The highest BCUT2D eigenvalue weighted by Gasteiger charge is 2.30. The fourth-order valence-electron chi connectivity index (χ4n) is 2.91. The van der Waals surface area contributed by atoms with Crippen molar-refractivity contribution in [2.45, 2.75) is 25.6 Å². The Balaban J connectivity index is 1.60. The standard InChI is InChI=1S/C19H19F3N2O/c20-19(21,22)16-7-9-17(10-8-16)23-18(25)15-5-3-14(4-6-15)13-24-11-1-2-12-24/h3-10H,1-2,11-13H2,(H,23,25). The number of alkyl halides is 3. The molecule has 2 aromatic carbocycles. The Morgan fingerprint density at radius 3 is 2.12 bits per heavy atom. The number of carbonyl (C=O) groups excluding carboxylic acids is 1. The van der Waals surface area contributed by atoms with Gasteiger partial charge >= 0.3 is 6.18 Å². The minimum absolute atomic E-state index is 0.333. The zero-order chi connectivity index (χ0) is 17.9. The van der Waals surface area contributed by atoms with E-state index in [9.17, 15) is 18.0 Å². The maximum Gasteiger partial charge on any atom is 0.416 e. The summed E-state index contributed by atoms with van der Waals surface area (Å²) in [5.74, 6) is -0.340. The highest BCUT2D eigenvalue weighted by molar-refractivity contribution is 6.04. The van der Waals surface area contributed by atoms with Gasteiger partial charge in [-0.05, 0) is 67.9 Å². The molecule has 1 aliphatic rings. The first kappa shape index (κ1) is 17.5. The first-order valence-electron chi connectivity index (χ1n) is 8.22. The van der Waals surface area contributed by atoms with E-state index in [2.05, 4.69) is 10.2 Å². The largest absolute Gasteiger partial charge is 0.416 e. The minimum atomic E-state index is -4.38. The first-order valence-corrected chi connectivity index (χ1v) is 8.22. The summed E-state index contributed by atoms with van der Waals surface area (Å²) in [7, 11) is 0. The van der Waals surface area contributed by atoms with Crippen LogP contribution in [0.4, 0.5) is 18.9 Å². The lowest BCUT2D eigenvalue weighted by molar-refractivity contribution is -0.137. The van der Waals surface area contributed by atoms with Gasteiger partial charge in [-0.1, -0.05) is 12.1 Å². The number of nitrogens with one attached hydrogen (secondary N) is 1. The lowest BCUT2D eigenvalue weighted by Crippen LogP contribution is -2.18. The number of nitrogens with zero attached hydrogens (tertiary/aromatic N) is 1. The number of rotatable bonds is 4. The van der Waals surface area contributed by atoms with Crippen molar-refractivity contribution in [2.24, 2.45) is 0 Å². The molecule has 1 amide bonds. The predicted octanol–water partition coefficient (Wildman–Crippen LogP) is 4.55. The highest BCUT2D eigenvalue weighted by atomic mass is 19.4.